The SMILES string of the molecule is CC1C(O)N(c2cc(C(F)(F)F)c(C(=O)NC(C)(C)C)cn2)C(=O)N1C. The van der Waals surface area contributed by atoms with E-state index in [9.17, 15) is 27.9 Å². The summed E-state index contributed by atoms with van der Waals surface area (Å²) >= 11 is 0. The zero-order valence-electron chi connectivity index (χ0n) is 15.0. The molecule has 10 heteroatoms. The number of urea groups is 1. The van der Waals surface area contributed by atoms with Crippen LogP contribution in [0, 0.1) is 0 Å². The number of nitrogens with zero attached hydrogens (tertiary/aromatic N) is 3. The lowest BCUT2D eigenvalue weighted by atomic mass is 10.1. The van der Waals surface area contributed by atoms with Crippen LogP contribution in [0.15, 0.2) is 12.3 Å². The third-order valence-corrected chi connectivity index (χ3v) is 3.99. The minimum Gasteiger partial charge on any atom is -0.371 e. The number of carbonyl (C=O) groups is 2. The van der Waals surface area contributed by atoms with Crippen molar-refractivity contribution in [1.29, 1.82) is 0 Å². The van der Waals surface area contributed by atoms with Crippen LogP contribution in [0.5, 0.6) is 0 Å². The highest BCUT2D eigenvalue weighted by atomic mass is 19.4. The zero-order valence-corrected chi connectivity index (χ0v) is 15.0. The minimum absolute atomic E-state index is 0.377. The van der Waals surface area contributed by atoms with Gasteiger partial charge >= 0.3 is 12.2 Å². The molecule has 0 bridgehead atoms. The molecule has 26 heavy (non-hydrogen) atoms. The van der Waals surface area contributed by atoms with E-state index in [4.69, 9.17) is 0 Å². The topological polar surface area (TPSA) is 85.8 Å². The first-order chi connectivity index (χ1) is 11.7. The Balaban J connectivity index is 2.50. The van der Waals surface area contributed by atoms with Crippen molar-refractivity contribution in [2.45, 2.75) is 51.7 Å². The highest BCUT2D eigenvalue weighted by Gasteiger charge is 2.44. The van der Waals surface area contributed by atoms with Crippen molar-refractivity contribution in [2.24, 2.45) is 0 Å². The van der Waals surface area contributed by atoms with Crippen molar-refractivity contribution >= 4 is 17.8 Å². The Morgan fingerprint density at radius 3 is 2.31 bits per heavy atom. The van der Waals surface area contributed by atoms with E-state index in [-0.39, 0.29) is 5.82 Å². The summed E-state index contributed by atoms with van der Waals surface area (Å²) in [6.07, 6.45) is -5.43. The maximum atomic E-state index is 13.5. The van der Waals surface area contributed by atoms with E-state index in [1.165, 1.54) is 11.9 Å². The molecule has 2 rings (SSSR count). The largest absolute Gasteiger partial charge is 0.417 e. The van der Waals surface area contributed by atoms with Crippen LogP contribution in [0.2, 0.25) is 0 Å². The third kappa shape index (κ3) is 3.74. The first kappa shape index (κ1) is 20.0. The standard InChI is InChI=1S/C16H21F3N4O3/c1-8-13(25)23(14(26)22(8)5)11-6-10(16(17,18)19)9(7-20-11)12(24)21-15(2,3)4/h6-8,13,25H,1-5H3,(H,21,24). The monoisotopic (exact) mass is 374 g/mol. The molecule has 0 aromatic carbocycles. The number of aromatic nitrogens is 1. The van der Waals surface area contributed by atoms with Gasteiger partial charge in [-0.3, -0.25) is 4.79 Å². The summed E-state index contributed by atoms with van der Waals surface area (Å²) in [5.74, 6) is -1.30. The van der Waals surface area contributed by atoms with Gasteiger partial charge in [-0.05, 0) is 33.8 Å². The smallest absolute Gasteiger partial charge is 0.371 e. The fourth-order valence-corrected chi connectivity index (χ4v) is 2.51. The van der Waals surface area contributed by atoms with Gasteiger partial charge in [0.1, 0.15) is 5.82 Å². The number of pyridine rings is 1. The summed E-state index contributed by atoms with van der Waals surface area (Å²) in [7, 11) is 1.42. The number of carbonyl (C=O) groups excluding carboxylic acids is 2. The van der Waals surface area contributed by atoms with E-state index >= 15 is 0 Å². The molecule has 1 aromatic rings. The van der Waals surface area contributed by atoms with Crippen LogP contribution in [0.1, 0.15) is 43.6 Å². The quantitative estimate of drug-likeness (QED) is 0.831. The number of hydrogen-bond acceptors (Lipinski definition) is 4. The number of aliphatic hydroxyl groups excluding tert-OH is 1. The molecule has 1 aliphatic heterocycles. The van der Waals surface area contributed by atoms with Crippen LogP contribution in [0.3, 0.4) is 0 Å². The van der Waals surface area contributed by atoms with E-state index in [1.807, 2.05) is 0 Å². The van der Waals surface area contributed by atoms with Crippen LogP contribution in [-0.4, -0.2) is 51.8 Å². The van der Waals surface area contributed by atoms with E-state index in [0.717, 1.165) is 11.1 Å². The number of amides is 3. The number of rotatable bonds is 2. The van der Waals surface area contributed by atoms with E-state index < -0.39 is 47.1 Å². The molecule has 2 unspecified atom stereocenters. The molecule has 0 radical (unpaired) electrons. The summed E-state index contributed by atoms with van der Waals surface area (Å²) in [6.45, 7) is 6.46. The van der Waals surface area contributed by atoms with Gasteiger partial charge < -0.3 is 15.3 Å². The van der Waals surface area contributed by atoms with Crippen LogP contribution in [0.4, 0.5) is 23.8 Å². The van der Waals surface area contributed by atoms with Crippen molar-refractivity contribution < 1.29 is 27.9 Å². The predicted octanol–water partition coefficient (Wildman–Crippen LogP) is 2.21. The maximum absolute atomic E-state index is 13.5. The molecule has 0 saturated carbocycles. The van der Waals surface area contributed by atoms with Crippen LogP contribution in [0.25, 0.3) is 0 Å². The van der Waals surface area contributed by atoms with Crippen molar-refractivity contribution in [2.75, 3.05) is 11.9 Å². The van der Waals surface area contributed by atoms with Gasteiger partial charge in [0.15, 0.2) is 6.23 Å². The lowest BCUT2D eigenvalue weighted by molar-refractivity contribution is -0.138. The molecule has 7 nitrogen and oxygen atoms in total. The third-order valence-electron chi connectivity index (χ3n) is 3.99. The van der Waals surface area contributed by atoms with Gasteiger partial charge in [-0.25, -0.2) is 14.7 Å². The number of halogens is 3. The number of alkyl halides is 3. The molecular weight excluding hydrogens is 353 g/mol. The second kappa shape index (κ2) is 6.42. The molecule has 2 N–H and O–H groups in total. The first-order valence-corrected chi connectivity index (χ1v) is 7.88. The summed E-state index contributed by atoms with van der Waals surface area (Å²) in [6, 6.07) is -0.704. The molecule has 2 atom stereocenters. The summed E-state index contributed by atoms with van der Waals surface area (Å²) < 4.78 is 40.4. The molecule has 1 aromatic heterocycles. The van der Waals surface area contributed by atoms with Crippen molar-refractivity contribution in [3.8, 4) is 0 Å². The highest BCUT2D eigenvalue weighted by Crippen LogP contribution is 2.35. The zero-order chi connectivity index (χ0) is 20.0. The number of nitrogens with one attached hydrogen (secondary N) is 1. The molecule has 1 aliphatic rings. The van der Waals surface area contributed by atoms with Gasteiger partial charge in [-0.2, -0.15) is 13.2 Å². The molecule has 0 aliphatic carbocycles. The number of hydrogen-bond donors (Lipinski definition) is 2. The van der Waals surface area contributed by atoms with Crippen molar-refractivity contribution in [1.82, 2.24) is 15.2 Å². The molecule has 1 saturated heterocycles. The van der Waals surface area contributed by atoms with E-state index in [1.54, 1.807) is 27.7 Å². The molecule has 144 valence electrons. The number of likely N-dealkylation sites (N-methyl/N-ethyl adjacent to an activating group) is 1. The second-order valence-corrected chi connectivity index (χ2v) is 7.21. The number of aliphatic hydroxyl groups is 1. The van der Waals surface area contributed by atoms with Crippen molar-refractivity contribution in [3.63, 3.8) is 0 Å². The Labute approximate surface area is 148 Å². The van der Waals surface area contributed by atoms with Gasteiger partial charge in [0, 0.05) is 18.8 Å². The summed E-state index contributed by atoms with van der Waals surface area (Å²) in [5, 5.41) is 12.6. The highest BCUT2D eigenvalue weighted by molar-refractivity contribution is 5.98. The lowest BCUT2D eigenvalue weighted by Gasteiger charge is -2.23. The van der Waals surface area contributed by atoms with E-state index in [2.05, 4.69) is 10.3 Å². The van der Waals surface area contributed by atoms with Gasteiger partial charge in [0.2, 0.25) is 0 Å². The Bertz CT molecular complexity index is 730. The molecular formula is C16H21F3N4O3. The Hall–Kier alpha value is -2.36. The van der Waals surface area contributed by atoms with Crippen LogP contribution < -0.4 is 10.2 Å². The van der Waals surface area contributed by atoms with Crippen molar-refractivity contribution in [3.05, 3.63) is 23.4 Å². The predicted molar refractivity (Wildman–Crippen MR) is 87.6 cm³/mol. The average Bonchev–Trinajstić information content (AvgIpc) is 2.68. The molecule has 1 fully saturated rings. The Kier molecular flexibility index (Phi) is 4.93. The normalized spacial score (nSPS) is 21.3. The molecule has 0 spiro atoms. The molecule has 3 amide bonds. The van der Waals surface area contributed by atoms with Gasteiger partial charge in [0.25, 0.3) is 5.91 Å². The van der Waals surface area contributed by atoms with Gasteiger partial charge in [0.05, 0.1) is 17.2 Å². The minimum atomic E-state index is -4.84. The van der Waals surface area contributed by atoms with Gasteiger partial charge in [-0.1, -0.05) is 0 Å². The first-order valence-electron chi connectivity index (χ1n) is 7.88. The van der Waals surface area contributed by atoms with Gasteiger partial charge in [-0.15, -0.1) is 0 Å². The average molecular weight is 374 g/mol. The number of anilines is 1. The van der Waals surface area contributed by atoms with E-state index in [0.29, 0.717) is 6.07 Å². The summed E-state index contributed by atoms with van der Waals surface area (Å²) in [5.41, 5.74) is -2.62. The van der Waals surface area contributed by atoms with Crippen LogP contribution >= 0.6 is 0 Å². The fraction of sp³-hybridized carbons (Fsp3) is 0.562. The second-order valence-electron chi connectivity index (χ2n) is 7.21. The molecule has 2 heterocycles. The van der Waals surface area contributed by atoms with Crippen LogP contribution in [-0.2, 0) is 6.18 Å². The lowest BCUT2D eigenvalue weighted by Crippen LogP contribution is -2.41. The fourth-order valence-electron chi connectivity index (χ4n) is 2.51. The summed E-state index contributed by atoms with van der Waals surface area (Å²) in [4.78, 5) is 30.2. The maximum Gasteiger partial charge on any atom is 0.417 e. The Morgan fingerprint density at radius 2 is 1.88 bits per heavy atom. The Morgan fingerprint density at radius 1 is 1.31 bits per heavy atom.